The number of rotatable bonds is 6. The first-order chi connectivity index (χ1) is 19.8. The van der Waals surface area contributed by atoms with E-state index in [4.69, 9.17) is 9.73 Å². The molecule has 0 N–H and O–H groups in total. The van der Waals surface area contributed by atoms with Crippen LogP contribution >= 0.6 is 7.92 Å². The molecule has 1 aliphatic rings. The predicted octanol–water partition coefficient (Wildman–Crippen LogP) is 7.97. The molecule has 6 aromatic carbocycles. The van der Waals surface area contributed by atoms with Crippen LogP contribution in [0, 0.1) is 0 Å². The van der Waals surface area contributed by atoms with Gasteiger partial charge in [-0.05, 0) is 63.4 Å². The van der Waals surface area contributed by atoms with Crippen LogP contribution in [-0.2, 0) is 4.74 Å². The molecule has 194 valence electrons. The van der Waals surface area contributed by atoms with Gasteiger partial charge in [0.1, 0.15) is 6.61 Å². The van der Waals surface area contributed by atoms with E-state index in [2.05, 4.69) is 140 Å². The summed E-state index contributed by atoms with van der Waals surface area (Å²) in [6, 6.07) is 48.7. The fourth-order valence-corrected chi connectivity index (χ4v) is 8.26. The highest BCUT2D eigenvalue weighted by atomic mass is 31.1. The Bertz CT molecular complexity index is 1810. The van der Waals surface area contributed by atoms with Crippen molar-refractivity contribution in [2.75, 3.05) is 6.61 Å². The molecule has 0 unspecified atom stereocenters. The number of hydrogen-bond donors (Lipinski definition) is 0. The Balaban J connectivity index is 1.61. The Morgan fingerprint density at radius 2 is 1.18 bits per heavy atom. The molecule has 2 nitrogen and oxygen atoms in total. The zero-order valence-electron chi connectivity index (χ0n) is 22.5. The SMILES string of the molecule is CC[C@@H]1COC(c2ccc3ccccc3c2-c2c(P(c3ccccc3)c3ccccc3)ccc3ccccc23)=N1. The van der Waals surface area contributed by atoms with E-state index in [0.29, 0.717) is 6.61 Å². The molecule has 0 bridgehead atoms. The Labute approximate surface area is 236 Å². The fraction of sp³-hybridized carbons (Fsp3) is 0.108. The van der Waals surface area contributed by atoms with E-state index in [-0.39, 0.29) is 6.04 Å². The van der Waals surface area contributed by atoms with E-state index in [1.165, 1.54) is 48.6 Å². The maximum atomic E-state index is 6.29. The van der Waals surface area contributed by atoms with Gasteiger partial charge >= 0.3 is 0 Å². The van der Waals surface area contributed by atoms with Gasteiger partial charge in [0, 0.05) is 11.1 Å². The quantitative estimate of drug-likeness (QED) is 0.198. The van der Waals surface area contributed by atoms with Crippen LogP contribution in [0.15, 0.2) is 138 Å². The van der Waals surface area contributed by atoms with Crippen LogP contribution in [0.4, 0.5) is 0 Å². The molecule has 7 rings (SSSR count). The van der Waals surface area contributed by atoms with Crippen molar-refractivity contribution in [3.8, 4) is 11.1 Å². The highest BCUT2D eigenvalue weighted by Gasteiger charge is 2.28. The number of fused-ring (bicyclic) bond motifs is 2. The molecular formula is C37H30NOP. The van der Waals surface area contributed by atoms with Crippen LogP contribution in [0.3, 0.4) is 0 Å². The smallest absolute Gasteiger partial charge is 0.217 e. The van der Waals surface area contributed by atoms with Crippen LogP contribution in [-0.4, -0.2) is 18.5 Å². The van der Waals surface area contributed by atoms with Crippen LogP contribution in [0.25, 0.3) is 32.7 Å². The zero-order chi connectivity index (χ0) is 26.9. The lowest BCUT2D eigenvalue weighted by atomic mass is 9.90. The minimum atomic E-state index is -0.836. The summed E-state index contributed by atoms with van der Waals surface area (Å²) in [5.74, 6) is 0.759. The van der Waals surface area contributed by atoms with Gasteiger partial charge in [-0.3, -0.25) is 0 Å². The van der Waals surface area contributed by atoms with E-state index in [9.17, 15) is 0 Å². The Hall–Kier alpha value is -4.26. The summed E-state index contributed by atoms with van der Waals surface area (Å²) < 4.78 is 6.29. The van der Waals surface area contributed by atoms with Crippen molar-refractivity contribution in [3.63, 3.8) is 0 Å². The van der Waals surface area contributed by atoms with Gasteiger partial charge in [-0.25, -0.2) is 4.99 Å². The Morgan fingerprint density at radius 1 is 0.625 bits per heavy atom. The van der Waals surface area contributed by atoms with Crippen LogP contribution in [0.1, 0.15) is 18.9 Å². The lowest BCUT2D eigenvalue weighted by Gasteiger charge is -2.25. The van der Waals surface area contributed by atoms with Crippen molar-refractivity contribution in [1.82, 2.24) is 0 Å². The van der Waals surface area contributed by atoms with Crippen LogP contribution < -0.4 is 15.9 Å². The van der Waals surface area contributed by atoms with E-state index in [1.807, 2.05) is 0 Å². The minimum Gasteiger partial charge on any atom is -0.475 e. The molecule has 3 heteroatoms. The topological polar surface area (TPSA) is 21.6 Å². The Kier molecular flexibility index (Phi) is 6.63. The third kappa shape index (κ3) is 4.39. The molecule has 1 heterocycles. The standard InChI is InChI=1S/C37H30NOP/c1-2-28-25-39-37(38-28)33-23-21-26-13-9-11-19-31(26)35(33)36-32-20-12-10-14-27(32)22-24-34(36)40(29-15-5-3-6-16-29)30-17-7-4-8-18-30/h3-24,28H,2,25H2,1H3/t28-/m1/s1. The molecule has 0 aliphatic carbocycles. The number of ether oxygens (including phenoxy) is 1. The summed E-state index contributed by atoms with van der Waals surface area (Å²) in [6.45, 7) is 2.82. The van der Waals surface area contributed by atoms with Gasteiger partial charge < -0.3 is 4.74 Å². The van der Waals surface area contributed by atoms with E-state index < -0.39 is 7.92 Å². The summed E-state index contributed by atoms with van der Waals surface area (Å²) in [7, 11) is -0.836. The number of nitrogens with zero attached hydrogens (tertiary/aromatic N) is 1. The average molecular weight is 536 g/mol. The second-order valence-corrected chi connectivity index (χ2v) is 12.4. The van der Waals surface area contributed by atoms with Crippen molar-refractivity contribution in [2.24, 2.45) is 4.99 Å². The molecule has 0 fully saturated rings. The fourth-order valence-electron chi connectivity index (χ4n) is 5.78. The molecule has 0 saturated heterocycles. The van der Waals surface area contributed by atoms with E-state index in [0.717, 1.165) is 17.9 Å². The molecule has 0 saturated carbocycles. The second kappa shape index (κ2) is 10.7. The molecule has 0 amide bonds. The number of hydrogen-bond acceptors (Lipinski definition) is 2. The first-order valence-corrected chi connectivity index (χ1v) is 15.3. The van der Waals surface area contributed by atoms with Gasteiger partial charge in [-0.15, -0.1) is 0 Å². The Morgan fingerprint density at radius 3 is 1.77 bits per heavy atom. The molecule has 1 atom stereocenters. The van der Waals surface area contributed by atoms with Crippen molar-refractivity contribution >= 4 is 51.3 Å². The van der Waals surface area contributed by atoms with Gasteiger partial charge in [0.2, 0.25) is 5.90 Å². The lowest BCUT2D eigenvalue weighted by Crippen LogP contribution is -2.23. The summed E-state index contributed by atoms with van der Waals surface area (Å²) in [5.41, 5.74) is 3.55. The molecular weight excluding hydrogens is 505 g/mol. The molecule has 6 aromatic rings. The van der Waals surface area contributed by atoms with Gasteiger partial charge in [0.15, 0.2) is 0 Å². The van der Waals surface area contributed by atoms with Crippen molar-refractivity contribution < 1.29 is 4.74 Å². The maximum absolute atomic E-state index is 6.29. The van der Waals surface area contributed by atoms with Gasteiger partial charge in [0.25, 0.3) is 0 Å². The summed E-state index contributed by atoms with van der Waals surface area (Å²) >= 11 is 0. The normalized spacial score (nSPS) is 14.9. The van der Waals surface area contributed by atoms with Crippen molar-refractivity contribution in [1.29, 1.82) is 0 Å². The highest BCUT2D eigenvalue weighted by molar-refractivity contribution is 7.80. The van der Waals surface area contributed by atoms with Crippen LogP contribution in [0.5, 0.6) is 0 Å². The monoisotopic (exact) mass is 535 g/mol. The minimum absolute atomic E-state index is 0.201. The summed E-state index contributed by atoms with van der Waals surface area (Å²) in [4.78, 5) is 5.04. The first kappa shape index (κ1) is 24.8. The van der Waals surface area contributed by atoms with Gasteiger partial charge in [0.05, 0.1) is 6.04 Å². The number of benzene rings is 6. The zero-order valence-corrected chi connectivity index (χ0v) is 23.4. The van der Waals surface area contributed by atoms with Crippen LogP contribution in [0.2, 0.25) is 0 Å². The van der Waals surface area contributed by atoms with Crippen molar-refractivity contribution in [2.45, 2.75) is 19.4 Å². The van der Waals surface area contributed by atoms with Crippen molar-refractivity contribution in [3.05, 3.63) is 139 Å². The van der Waals surface area contributed by atoms with E-state index in [1.54, 1.807) is 0 Å². The van der Waals surface area contributed by atoms with E-state index >= 15 is 0 Å². The summed E-state index contributed by atoms with van der Waals surface area (Å²) in [6.07, 6.45) is 0.971. The third-order valence-corrected chi connectivity index (χ3v) is 10.3. The highest BCUT2D eigenvalue weighted by Crippen LogP contribution is 2.43. The maximum Gasteiger partial charge on any atom is 0.217 e. The number of aliphatic imine (C=N–C) groups is 1. The molecule has 0 spiro atoms. The first-order valence-electron chi connectivity index (χ1n) is 14.0. The predicted molar refractivity (Wildman–Crippen MR) is 172 cm³/mol. The lowest BCUT2D eigenvalue weighted by molar-refractivity contribution is 0.315. The molecule has 40 heavy (non-hydrogen) atoms. The third-order valence-electron chi connectivity index (χ3n) is 7.77. The molecule has 0 aromatic heterocycles. The summed E-state index contributed by atoms with van der Waals surface area (Å²) in [5, 5.41) is 8.94. The van der Waals surface area contributed by atoms with Gasteiger partial charge in [-0.1, -0.05) is 134 Å². The average Bonchev–Trinajstić information content (AvgIpc) is 3.51. The van der Waals surface area contributed by atoms with Gasteiger partial charge in [-0.2, -0.15) is 0 Å². The second-order valence-electron chi connectivity index (χ2n) is 10.2. The largest absolute Gasteiger partial charge is 0.475 e. The molecule has 0 radical (unpaired) electrons. The molecule has 1 aliphatic heterocycles.